The molecule has 6 nitrogen and oxygen atoms in total. The fourth-order valence-corrected chi connectivity index (χ4v) is 10.7. The molecule has 4 rings (SSSR count). The molecule has 4 aromatic rings. The summed E-state index contributed by atoms with van der Waals surface area (Å²) >= 11 is 0. The molecule has 0 aliphatic carbocycles. The lowest BCUT2D eigenvalue weighted by molar-refractivity contribution is -0.104. The average molecular weight is 667 g/mol. The second-order valence-corrected chi connectivity index (χ2v) is 17.4. The van der Waals surface area contributed by atoms with Crippen molar-refractivity contribution in [1.82, 2.24) is 0 Å². The molecule has 0 bridgehead atoms. The number of rotatable bonds is 18. The van der Waals surface area contributed by atoms with Gasteiger partial charge in [0.15, 0.2) is 0 Å². The molecule has 0 saturated carbocycles. The van der Waals surface area contributed by atoms with Crippen molar-refractivity contribution in [3.8, 4) is 11.5 Å². The van der Waals surface area contributed by atoms with Gasteiger partial charge < -0.3 is 23.4 Å². The zero-order valence-corrected chi connectivity index (χ0v) is 30.1. The highest BCUT2D eigenvalue weighted by molar-refractivity contribution is 6.99. The SMILES string of the molecule is COc1ccc(COC(CO[Si](c2ccccc2)(c2ccccc2)C(C)(C)C)C[C@@H](OCc2ccc(OC)cc2)C(C)/C=C/C=O)cc1. The predicted octanol–water partition coefficient (Wildman–Crippen LogP) is 7.53. The Morgan fingerprint density at radius 2 is 1.17 bits per heavy atom. The van der Waals surface area contributed by atoms with Crippen LogP contribution >= 0.6 is 0 Å². The Kier molecular flexibility index (Phi) is 13.8. The maximum atomic E-state index is 11.3. The molecule has 0 aliphatic heterocycles. The van der Waals surface area contributed by atoms with Crippen LogP contribution in [0.2, 0.25) is 5.04 Å². The summed E-state index contributed by atoms with van der Waals surface area (Å²) in [6, 6.07) is 37.1. The molecule has 0 saturated heterocycles. The number of benzene rings is 4. The Hall–Kier alpha value is -4.01. The Balaban J connectivity index is 1.67. The van der Waals surface area contributed by atoms with E-state index in [9.17, 15) is 4.79 Å². The van der Waals surface area contributed by atoms with E-state index < -0.39 is 8.32 Å². The number of hydrogen-bond acceptors (Lipinski definition) is 6. The minimum absolute atomic E-state index is 0.0478. The van der Waals surface area contributed by atoms with Crippen LogP contribution in [-0.2, 0) is 31.9 Å². The summed E-state index contributed by atoms with van der Waals surface area (Å²) < 4.78 is 31.4. The molecular weight excluding hydrogens is 617 g/mol. The largest absolute Gasteiger partial charge is 0.497 e. The smallest absolute Gasteiger partial charge is 0.261 e. The van der Waals surface area contributed by atoms with E-state index in [-0.39, 0.29) is 23.2 Å². The van der Waals surface area contributed by atoms with Crippen LogP contribution < -0.4 is 19.8 Å². The van der Waals surface area contributed by atoms with E-state index in [0.29, 0.717) is 26.2 Å². The van der Waals surface area contributed by atoms with Crippen molar-refractivity contribution >= 4 is 25.0 Å². The number of methoxy groups -OCH3 is 2. The minimum Gasteiger partial charge on any atom is -0.497 e. The van der Waals surface area contributed by atoms with Crippen LogP contribution in [-0.4, -0.2) is 47.6 Å². The van der Waals surface area contributed by atoms with Crippen LogP contribution in [0, 0.1) is 5.92 Å². The summed E-state index contributed by atoms with van der Waals surface area (Å²) in [4.78, 5) is 11.3. The molecule has 3 atom stereocenters. The highest BCUT2D eigenvalue weighted by atomic mass is 28.4. The Bertz CT molecular complexity index is 1490. The molecule has 254 valence electrons. The van der Waals surface area contributed by atoms with Crippen LogP contribution in [0.3, 0.4) is 0 Å². The van der Waals surface area contributed by atoms with Crippen molar-refractivity contribution in [2.45, 2.75) is 64.6 Å². The Morgan fingerprint density at radius 3 is 1.60 bits per heavy atom. The summed E-state index contributed by atoms with van der Waals surface area (Å²) in [6.07, 6.45) is 4.26. The van der Waals surface area contributed by atoms with Crippen molar-refractivity contribution in [1.29, 1.82) is 0 Å². The van der Waals surface area contributed by atoms with Gasteiger partial charge in [-0.1, -0.05) is 119 Å². The molecule has 0 N–H and O–H groups in total. The monoisotopic (exact) mass is 666 g/mol. The highest BCUT2D eigenvalue weighted by Crippen LogP contribution is 2.37. The number of allylic oxidation sites excluding steroid dienone is 1. The maximum absolute atomic E-state index is 11.3. The quantitative estimate of drug-likeness (QED) is 0.0622. The topological polar surface area (TPSA) is 63.2 Å². The van der Waals surface area contributed by atoms with Crippen molar-refractivity contribution in [3.05, 3.63) is 132 Å². The second-order valence-electron chi connectivity index (χ2n) is 13.1. The molecule has 0 heterocycles. The lowest BCUT2D eigenvalue weighted by Crippen LogP contribution is -2.67. The van der Waals surface area contributed by atoms with E-state index in [4.69, 9.17) is 23.4 Å². The average Bonchev–Trinajstić information content (AvgIpc) is 3.11. The third-order valence-electron chi connectivity index (χ3n) is 8.75. The lowest BCUT2D eigenvalue weighted by Gasteiger charge is -2.44. The van der Waals surface area contributed by atoms with Crippen molar-refractivity contribution in [2.24, 2.45) is 5.92 Å². The van der Waals surface area contributed by atoms with Gasteiger partial charge in [-0.3, -0.25) is 4.79 Å². The van der Waals surface area contributed by atoms with Crippen molar-refractivity contribution in [3.63, 3.8) is 0 Å². The van der Waals surface area contributed by atoms with Gasteiger partial charge in [-0.05, 0) is 56.9 Å². The third-order valence-corrected chi connectivity index (χ3v) is 13.8. The van der Waals surface area contributed by atoms with Gasteiger partial charge in [0, 0.05) is 12.3 Å². The van der Waals surface area contributed by atoms with E-state index in [1.54, 1.807) is 20.3 Å². The first-order valence-corrected chi connectivity index (χ1v) is 18.5. The molecule has 48 heavy (non-hydrogen) atoms. The molecule has 0 radical (unpaired) electrons. The second kappa shape index (κ2) is 17.9. The first-order chi connectivity index (χ1) is 23.2. The molecule has 4 aromatic carbocycles. The molecule has 7 heteroatoms. The normalized spacial score (nSPS) is 14.0. The Labute approximate surface area is 287 Å². The standard InChI is InChI=1S/C41H50O6Si/c1-32(14-13-27-42)40(46-30-34-21-25-36(44-6)26-22-34)28-37(45-29-33-19-23-35(43-5)24-20-33)31-47-48(41(2,3)4,38-15-9-7-10-16-38)39-17-11-8-12-18-39/h7-27,32,37,40H,28-31H2,1-6H3/b14-13+/t32?,37?,40-/m1/s1. The van der Waals surface area contributed by atoms with Crippen LogP contribution in [0.25, 0.3) is 0 Å². The van der Waals surface area contributed by atoms with Gasteiger partial charge >= 0.3 is 0 Å². The zero-order valence-electron chi connectivity index (χ0n) is 29.1. The Morgan fingerprint density at radius 1 is 0.688 bits per heavy atom. The first-order valence-electron chi connectivity index (χ1n) is 16.6. The predicted molar refractivity (Wildman–Crippen MR) is 196 cm³/mol. The number of hydrogen-bond donors (Lipinski definition) is 0. The molecule has 0 aliphatic rings. The molecular formula is C41H50O6Si. The number of ether oxygens (including phenoxy) is 4. The van der Waals surface area contributed by atoms with Gasteiger partial charge in [-0.2, -0.15) is 0 Å². The molecule has 0 aromatic heterocycles. The summed E-state index contributed by atoms with van der Waals surface area (Å²) in [5, 5.41) is 2.25. The number of carbonyl (C=O) groups is 1. The lowest BCUT2D eigenvalue weighted by atomic mass is 9.98. The van der Waals surface area contributed by atoms with Gasteiger partial charge in [0.05, 0.1) is 46.2 Å². The van der Waals surface area contributed by atoms with Crippen LogP contribution in [0.1, 0.15) is 45.2 Å². The first kappa shape index (κ1) is 36.8. The molecule has 2 unspecified atom stereocenters. The maximum Gasteiger partial charge on any atom is 0.261 e. The van der Waals surface area contributed by atoms with E-state index >= 15 is 0 Å². The van der Waals surface area contributed by atoms with Crippen LogP contribution in [0.15, 0.2) is 121 Å². The van der Waals surface area contributed by atoms with Gasteiger partial charge in [-0.25, -0.2) is 0 Å². The van der Waals surface area contributed by atoms with Gasteiger partial charge in [0.25, 0.3) is 8.32 Å². The zero-order chi connectivity index (χ0) is 34.4. The van der Waals surface area contributed by atoms with E-state index in [0.717, 1.165) is 28.9 Å². The van der Waals surface area contributed by atoms with E-state index in [1.165, 1.54) is 10.4 Å². The van der Waals surface area contributed by atoms with Crippen LogP contribution in [0.5, 0.6) is 11.5 Å². The summed E-state index contributed by atoms with van der Waals surface area (Å²) in [5.74, 6) is 1.55. The van der Waals surface area contributed by atoms with Crippen LogP contribution in [0.4, 0.5) is 0 Å². The van der Waals surface area contributed by atoms with E-state index in [1.807, 2.05) is 54.6 Å². The summed E-state index contributed by atoms with van der Waals surface area (Å²) in [7, 11) is 0.497. The summed E-state index contributed by atoms with van der Waals surface area (Å²) in [6.45, 7) is 10.1. The third kappa shape index (κ3) is 9.77. The van der Waals surface area contributed by atoms with E-state index in [2.05, 4.69) is 88.4 Å². The fraction of sp³-hybridized carbons (Fsp3) is 0.341. The number of carbonyl (C=O) groups excluding carboxylic acids is 1. The van der Waals surface area contributed by atoms with Gasteiger partial charge in [-0.15, -0.1) is 0 Å². The summed E-state index contributed by atoms with van der Waals surface area (Å²) in [5.41, 5.74) is 2.07. The minimum atomic E-state index is -2.82. The molecule has 0 spiro atoms. The highest BCUT2D eigenvalue weighted by Gasteiger charge is 2.50. The van der Waals surface area contributed by atoms with Gasteiger partial charge in [0.2, 0.25) is 0 Å². The molecule has 0 fully saturated rings. The van der Waals surface area contributed by atoms with Crippen molar-refractivity contribution < 1.29 is 28.2 Å². The van der Waals surface area contributed by atoms with Gasteiger partial charge in [0.1, 0.15) is 17.8 Å². The number of aldehydes is 1. The molecule has 0 amide bonds. The van der Waals surface area contributed by atoms with Crippen molar-refractivity contribution in [2.75, 3.05) is 20.8 Å². The fourth-order valence-electron chi connectivity index (χ4n) is 6.06.